The molecule has 0 spiro atoms. The van der Waals surface area contributed by atoms with E-state index in [2.05, 4.69) is 0 Å². The lowest BCUT2D eigenvalue weighted by Crippen LogP contribution is -1.83. The molecule has 2 aromatic carbocycles. The SMILES string of the molecule is O=Cc1cc(-c2cc3ccccc3o2)ccc1Cl. The van der Waals surface area contributed by atoms with Crippen LogP contribution in [-0.2, 0) is 0 Å². The van der Waals surface area contributed by atoms with E-state index in [1.54, 1.807) is 12.1 Å². The molecule has 3 heteroatoms. The Bertz CT molecular complexity index is 695. The highest BCUT2D eigenvalue weighted by molar-refractivity contribution is 6.33. The first-order chi connectivity index (χ1) is 8.78. The van der Waals surface area contributed by atoms with E-state index in [1.807, 2.05) is 36.4 Å². The third kappa shape index (κ3) is 1.81. The van der Waals surface area contributed by atoms with Gasteiger partial charge in [-0.3, -0.25) is 4.79 Å². The summed E-state index contributed by atoms with van der Waals surface area (Å²) in [6, 6.07) is 15.0. The summed E-state index contributed by atoms with van der Waals surface area (Å²) >= 11 is 5.90. The summed E-state index contributed by atoms with van der Waals surface area (Å²) in [7, 11) is 0. The fourth-order valence-electron chi connectivity index (χ4n) is 1.91. The summed E-state index contributed by atoms with van der Waals surface area (Å²) in [5.74, 6) is 0.732. The molecule has 2 nitrogen and oxygen atoms in total. The highest BCUT2D eigenvalue weighted by Crippen LogP contribution is 2.29. The number of rotatable bonds is 2. The maximum Gasteiger partial charge on any atom is 0.151 e. The Kier molecular flexibility index (Phi) is 2.65. The van der Waals surface area contributed by atoms with Gasteiger partial charge in [-0.25, -0.2) is 0 Å². The third-order valence-corrected chi connectivity index (χ3v) is 3.18. The minimum atomic E-state index is 0.449. The molecule has 0 N–H and O–H groups in total. The zero-order chi connectivity index (χ0) is 12.5. The number of para-hydroxylation sites is 1. The minimum absolute atomic E-state index is 0.449. The van der Waals surface area contributed by atoms with Crippen LogP contribution in [0.3, 0.4) is 0 Å². The van der Waals surface area contributed by atoms with Crippen LogP contribution in [0.5, 0.6) is 0 Å². The molecule has 18 heavy (non-hydrogen) atoms. The monoisotopic (exact) mass is 256 g/mol. The first-order valence-electron chi connectivity index (χ1n) is 5.51. The van der Waals surface area contributed by atoms with E-state index in [9.17, 15) is 4.79 Å². The average Bonchev–Trinajstić information content (AvgIpc) is 2.83. The number of carbonyl (C=O) groups is 1. The standard InChI is InChI=1S/C15H9ClO2/c16-13-6-5-11(7-12(13)9-17)15-8-10-3-1-2-4-14(10)18-15/h1-9H. The molecule has 0 bridgehead atoms. The van der Waals surface area contributed by atoms with Gasteiger partial charge in [-0.2, -0.15) is 0 Å². The van der Waals surface area contributed by atoms with Gasteiger partial charge in [0, 0.05) is 16.5 Å². The van der Waals surface area contributed by atoms with Crippen LogP contribution in [0.2, 0.25) is 5.02 Å². The number of fused-ring (bicyclic) bond motifs is 1. The van der Waals surface area contributed by atoms with Crippen molar-refractivity contribution in [2.45, 2.75) is 0 Å². The third-order valence-electron chi connectivity index (χ3n) is 2.83. The predicted molar refractivity (Wildman–Crippen MR) is 72.0 cm³/mol. The average molecular weight is 257 g/mol. The van der Waals surface area contributed by atoms with Crippen molar-refractivity contribution in [2.75, 3.05) is 0 Å². The lowest BCUT2D eigenvalue weighted by molar-refractivity contribution is 0.112. The van der Waals surface area contributed by atoms with Crippen molar-refractivity contribution in [3.05, 3.63) is 59.1 Å². The molecule has 3 rings (SSSR count). The van der Waals surface area contributed by atoms with Crippen molar-refractivity contribution < 1.29 is 9.21 Å². The zero-order valence-corrected chi connectivity index (χ0v) is 10.1. The number of furan rings is 1. The van der Waals surface area contributed by atoms with Gasteiger partial charge in [0.25, 0.3) is 0 Å². The maximum absolute atomic E-state index is 10.9. The van der Waals surface area contributed by atoms with Gasteiger partial charge in [0.2, 0.25) is 0 Å². The second-order valence-electron chi connectivity index (χ2n) is 4.00. The maximum atomic E-state index is 10.9. The van der Waals surface area contributed by atoms with Crippen LogP contribution in [-0.4, -0.2) is 6.29 Å². The Hall–Kier alpha value is -2.06. The van der Waals surface area contributed by atoms with E-state index in [0.717, 1.165) is 28.6 Å². The summed E-state index contributed by atoms with van der Waals surface area (Å²) in [4.78, 5) is 10.9. The number of benzene rings is 2. The van der Waals surface area contributed by atoms with Crippen LogP contribution in [0, 0.1) is 0 Å². The van der Waals surface area contributed by atoms with Crippen LogP contribution in [0.4, 0.5) is 0 Å². The normalized spacial score (nSPS) is 10.7. The smallest absolute Gasteiger partial charge is 0.151 e. The van der Waals surface area contributed by atoms with Crippen LogP contribution in [0.15, 0.2) is 52.9 Å². The second-order valence-corrected chi connectivity index (χ2v) is 4.41. The van der Waals surface area contributed by atoms with Gasteiger partial charge in [0.05, 0.1) is 5.02 Å². The molecule has 0 aliphatic heterocycles. The Morgan fingerprint density at radius 1 is 1.06 bits per heavy atom. The fraction of sp³-hybridized carbons (Fsp3) is 0. The van der Waals surface area contributed by atoms with Crippen molar-refractivity contribution in [3.8, 4) is 11.3 Å². The molecule has 0 fully saturated rings. The predicted octanol–water partition coefficient (Wildman–Crippen LogP) is 4.57. The van der Waals surface area contributed by atoms with Crippen LogP contribution in [0.1, 0.15) is 10.4 Å². The van der Waals surface area contributed by atoms with Gasteiger partial charge in [-0.15, -0.1) is 0 Å². The van der Waals surface area contributed by atoms with E-state index in [4.69, 9.17) is 16.0 Å². The van der Waals surface area contributed by atoms with Gasteiger partial charge in [-0.1, -0.05) is 29.8 Å². The molecule has 0 saturated carbocycles. The molecule has 0 radical (unpaired) electrons. The quantitative estimate of drug-likeness (QED) is 0.629. The molecule has 0 atom stereocenters. The van der Waals surface area contributed by atoms with Gasteiger partial charge in [0.1, 0.15) is 11.3 Å². The van der Waals surface area contributed by atoms with Crippen molar-refractivity contribution in [3.63, 3.8) is 0 Å². The number of hydrogen-bond donors (Lipinski definition) is 0. The fourth-order valence-corrected chi connectivity index (χ4v) is 2.07. The Labute approximate surface area is 109 Å². The van der Waals surface area contributed by atoms with Crippen LogP contribution >= 0.6 is 11.6 Å². The molecular weight excluding hydrogens is 248 g/mol. The highest BCUT2D eigenvalue weighted by Gasteiger charge is 2.08. The summed E-state index contributed by atoms with van der Waals surface area (Å²) < 4.78 is 5.73. The molecular formula is C15H9ClO2. The van der Waals surface area contributed by atoms with Crippen molar-refractivity contribution in [1.29, 1.82) is 0 Å². The van der Waals surface area contributed by atoms with E-state index >= 15 is 0 Å². The van der Waals surface area contributed by atoms with E-state index in [0.29, 0.717) is 10.6 Å². The number of aldehydes is 1. The molecule has 3 aromatic rings. The van der Waals surface area contributed by atoms with Crippen molar-refractivity contribution >= 4 is 28.9 Å². The number of carbonyl (C=O) groups excluding carboxylic acids is 1. The molecule has 0 saturated heterocycles. The Morgan fingerprint density at radius 2 is 1.89 bits per heavy atom. The molecule has 0 aliphatic carbocycles. The van der Waals surface area contributed by atoms with Crippen LogP contribution < -0.4 is 0 Å². The molecule has 0 amide bonds. The van der Waals surface area contributed by atoms with Crippen LogP contribution in [0.25, 0.3) is 22.3 Å². The number of hydrogen-bond acceptors (Lipinski definition) is 2. The minimum Gasteiger partial charge on any atom is -0.456 e. The topological polar surface area (TPSA) is 30.2 Å². The summed E-state index contributed by atoms with van der Waals surface area (Å²) in [6.07, 6.45) is 0.745. The second kappa shape index (κ2) is 4.31. The molecule has 1 heterocycles. The highest BCUT2D eigenvalue weighted by atomic mass is 35.5. The first-order valence-corrected chi connectivity index (χ1v) is 5.89. The van der Waals surface area contributed by atoms with E-state index in [-0.39, 0.29) is 0 Å². The Morgan fingerprint density at radius 3 is 2.67 bits per heavy atom. The van der Waals surface area contributed by atoms with E-state index in [1.165, 1.54) is 0 Å². The van der Waals surface area contributed by atoms with Gasteiger partial charge in [-0.05, 0) is 30.3 Å². The first kappa shape index (κ1) is 11.1. The van der Waals surface area contributed by atoms with Crippen molar-refractivity contribution in [1.82, 2.24) is 0 Å². The summed E-state index contributed by atoms with van der Waals surface area (Å²) in [5.41, 5.74) is 2.14. The molecule has 88 valence electrons. The molecule has 1 aromatic heterocycles. The van der Waals surface area contributed by atoms with Gasteiger partial charge < -0.3 is 4.42 Å². The van der Waals surface area contributed by atoms with Gasteiger partial charge in [0.15, 0.2) is 6.29 Å². The van der Waals surface area contributed by atoms with E-state index < -0.39 is 0 Å². The summed E-state index contributed by atoms with van der Waals surface area (Å²) in [6.45, 7) is 0. The largest absolute Gasteiger partial charge is 0.456 e. The Balaban J connectivity index is 2.16. The molecule has 0 aliphatic rings. The lowest BCUT2D eigenvalue weighted by atomic mass is 10.1. The van der Waals surface area contributed by atoms with Crippen molar-refractivity contribution in [2.24, 2.45) is 0 Å². The zero-order valence-electron chi connectivity index (χ0n) is 9.39. The number of halogens is 1. The molecule has 0 unspecified atom stereocenters. The van der Waals surface area contributed by atoms with Gasteiger partial charge >= 0.3 is 0 Å². The lowest BCUT2D eigenvalue weighted by Gasteiger charge is -1.99. The summed E-state index contributed by atoms with van der Waals surface area (Å²) in [5, 5.41) is 1.49.